The van der Waals surface area contributed by atoms with Gasteiger partial charge in [-0.3, -0.25) is 0 Å². The minimum Gasteiger partial charge on any atom is -0.378 e. The van der Waals surface area contributed by atoms with E-state index in [0.29, 0.717) is 0 Å². The van der Waals surface area contributed by atoms with Crippen molar-refractivity contribution in [2.45, 2.75) is 6.92 Å². The summed E-state index contributed by atoms with van der Waals surface area (Å²) in [6, 6.07) is 16.6. The Bertz CT molecular complexity index is 842. The Morgan fingerprint density at radius 1 is 0.917 bits per heavy atom. The number of aryl methyl sites for hydroxylation is 1. The molecule has 1 saturated heterocycles. The highest BCUT2D eigenvalue weighted by Gasteiger charge is 2.11. The molecule has 2 heterocycles. The van der Waals surface area contributed by atoms with E-state index in [4.69, 9.17) is 4.74 Å². The van der Waals surface area contributed by atoms with Crippen molar-refractivity contribution in [3.05, 3.63) is 54.2 Å². The monoisotopic (exact) mass is 320 g/mol. The largest absolute Gasteiger partial charge is 0.378 e. The van der Waals surface area contributed by atoms with E-state index >= 15 is 0 Å². The Balaban J connectivity index is 1.58. The number of hydrogen-bond acceptors (Lipinski definition) is 5. The topological polar surface area (TPSA) is 50.3 Å². The molecule has 1 N–H and O–H groups in total. The van der Waals surface area contributed by atoms with Gasteiger partial charge in [-0.15, -0.1) is 5.10 Å². The normalized spacial score (nSPS) is 14.8. The average molecular weight is 320 g/mol. The van der Waals surface area contributed by atoms with Gasteiger partial charge in [0.1, 0.15) is 0 Å². The highest BCUT2D eigenvalue weighted by Crippen LogP contribution is 2.26. The van der Waals surface area contributed by atoms with Gasteiger partial charge >= 0.3 is 0 Å². The Labute approximate surface area is 141 Å². The molecule has 5 nitrogen and oxygen atoms in total. The van der Waals surface area contributed by atoms with Crippen LogP contribution in [0.5, 0.6) is 0 Å². The summed E-state index contributed by atoms with van der Waals surface area (Å²) in [6.45, 7) is 5.47. The molecular weight excluding hydrogens is 300 g/mol. The van der Waals surface area contributed by atoms with Crippen molar-refractivity contribution in [3.8, 4) is 0 Å². The van der Waals surface area contributed by atoms with Gasteiger partial charge in [0.15, 0.2) is 5.82 Å². The van der Waals surface area contributed by atoms with Crippen LogP contribution >= 0.6 is 0 Å². The van der Waals surface area contributed by atoms with Gasteiger partial charge in [0, 0.05) is 35.2 Å². The van der Waals surface area contributed by atoms with E-state index in [9.17, 15) is 0 Å². The summed E-state index contributed by atoms with van der Waals surface area (Å²) in [5.41, 5.74) is 3.18. The van der Waals surface area contributed by atoms with Crippen molar-refractivity contribution < 1.29 is 4.74 Å². The quantitative estimate of drug-likeness (QED) is 0.800. The van der Waals surface area contributed by atoms with Crippen LogP contribution in [0, 0.1) is 6.92 Å². The number of fused-ring (bicyclic) bond motifs is 1. The summed E-state index contributed by atoms with van der Waals surface area (Å²) in [5, 5.41) is 14.2. The van der Waals surface area contributed by atoms with Gasteiger partial charge in [-0.05, 0) is 31.2 Å². The minimum absolute atomic E-state index is 0.787. The van der Waals surface area contributed by atoms with E-state index in [2.05, 4.69) is 56.8 Å². The van der Waals surface area contributed by atoms with Gasteiger partial charge in [-0.1, -0.05) is 24.3 Å². The van der Waals surface area contributed by atoms with Crippen LogP contribution in [0.25, 0.3) is 10.8 Å². The van der Waals surface area contributed by atoms with Crippen molar-refractivity contribution in [1.29, 1.82) is 0 Å². The zero-order valence-electron chi connectivity index (χ0n) is 13.7. The molecule has 0 saturated carbocycles. The molecule has 0 spiro atoms. The summed E-state index contributed by atoms with van der Waals surface area (Å²) < 4.78 is 5.41. The van der Waals surface area contributed by atoms with Crippen LogP contribution in [0.4, 0.5) is 17.2 Å². The van der Waals surface area contributed by atoms with E-state index in [0.717, 1.165) is 54.3 Å². The van der Waals surface area contributed by atoms with Crippen molar-refractivity contribution in [3.63, 3.8) is 0 Å². The lowest BCUT2D eigenvalue weighted by atomic mass is 10.1. The number of benzene rings is 2. The van der Waals surface area contributed by atoms with E-state index in [1.165, 1.54) is 5.69 Å². The van der Waals surface area contributed by atoms with Crippen LogP contribution in [0.2, 0.25) is 0 Å². The maximum atomic E-state index is 5.41. The van der Waals surface area contributed by atoms with E-state index in [-0.39, 0.29) is 0 Å². The molecule has 4 rings (SSSR count). The molecule has 0 unspecified atom stereocenters. The molecule has 1 fully saturated rings. The van der Waals surface area contributed by atoms with Crippen LogP contribution in [0.15, 0.2) is 48.5 Å². The van der Waals surface area contributed by atoms with Crippen LogP contribution < -0.4 is 10.2 Å². The van der Waals surface area contributed by atoms with Crippen molar-refractivity contribution in [1.82, 2.24) is 10.2 Å². The third-order valence-electron chi connectivity index (χ3n) is 4.38. The first-order valence-electron chi connectivity index (χ1n) is 8.23. The third-order valence-corrected chi connectivity index (χ3v) is 4.38. The number of anilines is 3. The predicted octanol–water partition coefficient (Wildman–Crippen LogP) is 3.52. The molecule has 1 aromatic heterocycles. The first-order chi connectivity index (χ1) is 11.8. The zero-order valence-corrected chi connectivity index (χ0v) is 13.7. The Hall–Kier alpha value is -2.66. The summed E-state index contributed by atoms with van der Waals surface area (Å²) in [4.78, 5) is 2.34. The van der Waals surface area contributed by atoms with Crippen molar-refractivity contribution in [2.75, 3.05) is 36.5 Å². The number of aromatic nitrogens is 2. The van der Waals surface area contributed by atoms with Crippen LogP contribution in [-0.4, -0.2) is 36.5 Å². The second-order valence-electron chi connectivity index (χ2n) is 5.95. The molecule has 0 radical (unpaired) electrons. The van der Waals surface area contributed by atoms with Gasteiger partial charge < -0.3 is 15.0 Å². The second-order valence-corrected chi connectivity index (χ2v) is 5.95. The van der Waals surface area contributed by atoms with Gasteiger partial charge in [0.2, 0.25) is 0 Å². The van der Waals surface area contributed by atoms with Gasteiger partial charge in [0.05, 0.1) is 18.9 Å². The number of hydrogen-bond donors (Lipinski definition) is 1. The summed E-state index contributed by atoms with van der Waals surface area (Å²) in [7, 11) is 0. The molecule has 1 aliphatic heterocycles. The maximum Gasteiger partial charge on any atom is 0.160 e. The molecule has 122 valence electrons. The molecule has 0 atom stereocenters. The summed E-state index contributed by atoms with van der Waals surface area (Å²) in [6.07, 6.45) is 0. The van der Waals surface area contributed by atoms with Gasteiger partial charge in [-0.2, -0.15) is 5.10 Å². The standard InChI is InChI=1S/C19H20N4O/c1-14-17-4-2-3-5-18(17)19(22-21-14)20-15-6-8-16(9-7-15)23-10-12-24-13-11-23/h2-9H,10-13H2,1H3,(H,20,22). The number of nitrogens with one attached hydrogen (secondary N) is 1. The number of morpholine rings is 1. The van der Waals surface area contributed by atoms with E-state index in [1.807, 2.05) is 19.1 Å². The smallest absolute Gasteiger partial charge is 0.160 e. The SMILES string of the molecule is Cc1nnc(Nc2ccc(N3CCOCC3)cc2)c2ccccc12. The van der Waals surface area contributed by atoms with Crippen LogP contribution in [-0.2, 0) is 4.74 Å². The third kappa shape index (κ3) is 2.90. The van der Waals surface area contributed by atoms with Crippen molar-refractivity contribution >= 4 is 28.0 Å². The van der Waals surface area contributed by atoms with Gasteiger partial charge in [-0.25, -0.2) is 0 Å². The molecule has 2 aromatic carbocycles. The second kappa shape index (κ2) is 6.45. The van der Waals surface area contributed by atoms with Crippen LogP contribution in [0.1, 0.15) is 5.69 Å². The molecule has 1 aliphatic rings. The highest BCUT2D eigenvalue weighted by atomic mass is 16.5. The lowest BCUT2D eigenvalue weighted by Crippen LogP contribution is -2.36. The number of rotatable bonds is 3. The lowest BCUT2D eigenvalue weighted by Gasteiger charge is -2.28. The predicted molar refractivity (Wildman–Crippen MR) is 97.0 cm³/mol. The van der Waals surface area contributed by atoms with Crippen molar-refractivity contribution in [2.24, 2.45) is 0 Å². The molecule has 0 bridgehead atoms. The lowest BCUT2D eigenvalue weighted by molar-refractivity contribution is 0.122. The fourth-order valence-electron chi connectivity index (χ4n) is 3.04. The highest BCUT2D eigenvalue weighted by molar-refractivity contribution is 5.94. The maximum absolute atomic E-state index is 5.41. The average Bonchev–Trinajstić information content (AvgIpc) is 2.66. The van der Waals surface area contributed by atoms with Gasteiger partial charge in [0.25, 0.3) is 0 Å². The first-order valence-corrected chi connectivity index (χ1v) is 8.23. The minimum atomic E-state index is 0.787. The Morgan fingerprint density at radius 3 is 2.38 bits per heavy atom. The summed E-state index contributed by atoms with van der Waals surface area (Å²) in [5.74, 6) is 0.787. The number of ether oxygens (including phenoxy) is 1. The molecule has 5 heteroatoms. The first kappa shape index (κ1) is 14.9. The summed E-state index contributed by atoms with van der Waals surface area (Å²) >= 11 is 0. The molecule has 24 heavy (non-hydrogen) atoms. The van der Waals surface area contributed by atoms with E-state index in [1.54, 1.807) is 0 Å². The Kier molecular flexibility index (Phi) is 4.01. The zero-order chi connectivity index (χ0) is 16.4. The van der Waals surface area contributed by atoms with E-state index < -0.39 is 0 Å². The molecular formula is C19H20N4O. The van der Waals surface area contributed by atoms with Crippen LogP contribution in [0.3, 0.4) is 0 Å². The fraction of sp³-hybridized carbons (Fsp3) is 0.263. The molecule has 3 aromatic rings. The fourth-order valence-corrected chi connectivity index (χ4v) is 3.04. The Morgan fingerprint density at radius 2 is 1.62 bits per heavy atom. The number of nitrogens with zero attached hydrogens (tertiary/aromatic N) is 3. The molecule has 0 amide bonds. The molecule has 0 aliphatic carbocycles.